The maximum atomic E-state index is 12.9. The Labute approximate surface area is 144 Å². The summed E-state index contributed by atoms with van der Waals surface area (Å²) in [5.41, 5.74) is 7.10. The zero-order valence-corrected chi connectivity index (χ0v) is 14.2. The summed E-state index contributed by atoms with van der Waals surface area (Å²) in [5, 5.41) is 1.86. The molecule has 0 atom stereocenters. The zero-order valence-electron chi connectivity index (χ0n) is 13.4. The third kappa shape index (κ3) is 2.59. The summed E-state index contributed by atoms with van der Waals surface area (Å²) in [4.78, 5) is 25.1. The number of fused-ring (bicyclic) bond motifs is 1. The van der Waals surface area contributed by atoms with Gasteiger partial charge in [-0.05, 0) is 43.0 Å². The van der Waals surface area contributed by atoms with E-state index in [2.05, 4.69) is 0 Å². The van der Waals surface area contributed by atoms with E-state index in [1.54, 1.807) is 18.2 Å². The predicted octanol–water partition coefficient (Wildman–Crippen LogP) is 4.00. The second-order valence-electron chi connectivity index (χ2n) is 5.91. The number of benzene rings is 2. The number of hydrogen-bond donors (Lipinski definition) is 1. The lowest BCUT2D eigenvalue weighted by Gasteiger charge is -2.20. The molecule has 0 fully saturated rings. The van der Waals surface area contributed by atoms with Crippen molar-refractivity contribution in [1.29, 1.82) is 0 Å². The van der Waals surface area contributed by atoms with Crippen molar-refractivity contribution in [2.45, 2.75) is 19.9 Å². The molecule has 3 aromatic rings. The van der Waals surface area contributed by atoms with Gasteiger partial charge in [-0.25, -0.2) is 0 Å². The Morgan fingerprint density at radius 1 is 1.04 bits per heavy atom. The van der Waals surface area contributed by atoms with Crippen LogP contribution in [0, 0.1) is 0 Å². The molecule has 1 aromatic heterocycles. The lowest BCUT2D eigenvalue weighted by Crippen LogP contribution is -2.31. The molecule has 1 amide bonds. The zero-order chi connectivity index (χ0) is 17.4. The van der Waals surface area contributed by atoms with Crippen molar-refractivity contribution in [2.75, 3.05) is 0 Å². The first-order valence-electron chi connectivity index (χ1n) is 7.64. The average molecular weight is 341 g/mol. The molecular formula is C19H17ClN2O2. The quantitative estimate of drug-likeness (QED) is 0.783. The van der Waals surface area contributed by atoms with Crippen LogP contribution >= 0.6 is 11.6 Å². The third-order valence-electron chi connectivity index (χ3n) is 4.01. The summed E-state index contributed by atoms with van der Waals surface area (Å²) in [6.07, 6.45) is 0. The van der Waals surface area contributed by atoms with Crippen molar-refractivity contribution in [2.24, 2.45) is 5.73 Å². The highest BCUT2D eigenvalue weighted by Crippen LogP contribution is 2.32. The normalized spacial score (nSPS) is 11.2. The van der Waals surface area contributed by atoms with Gasteiger partial charge in [-0.2, -0.15) is 0 Å². The summed E-state index contributed by atoms with van der Waals surface area (Å²) < 4.78 is 1.47. The Bertz CT molecular complexity index is 989. The summed E-state index contributed by atoms with van der Waals surface area (Å²) in [6.45, 7) is 3.71. The van der Waals surface area contributed by atoms with Crippen molar-refractivity contribution in [3.8, 4) is 11.1 Å². The Morgan fingerprint density at radius 2 is 1.62 bits per heavy atom. The summed E-state index contributed by atoms with van der Waals surface area (Å²) in [5.74, 6) is -0.628. The minimum absolute atomic E-state index is 0.198. The molecule has 0 radical (unpaired) electrons. The van der Waals surface area contributed by atoms with E-state index in [1.807, 2.05) is 44.2 Å². The average Bonchev–Trinajstić information content (AvgIpc) is 2.55. The van der Waals surface area contributed by atoms with E-state index in [0.29, 0.717) is 21.4 Å². The maximum Gasteiger partial charge on any atom is 0.266 e. The molecule has 4 nitrogen and oxygen atoms in total. The number of nitrogens with two attached hydrogens (primary N) is 1. The van der Waals surface area contributed by atoms with Gasteiger partial charge in [0.25, 0.3) is 11.5 Å². The number of carbonyl (C=O) groups is 1. The fourth-order valence-corrected chi connectivity index (χ4v) is 3.14. The number of pyridine rings is 1. The van der Waals surface area contributed by atoms with E-state index in [0.717, 1.165) is 5.56 Å². The summed E-state index contributed by atoms with van der Waals surface area (Å²) >= 11 is 5.98. The topological polar surface area (TPSA) is 65.1 Å². The van der Waals surface area contributed by atoms with Crippen molar-refractivity contribution in [3.63, 3.8) is 0 Å². The number of amides is 1. The highest BCUT2D eigenvalue weighted by Gasteiger charge is 2.22. The molecule has 0 saturated heterocycles. The minimum atomic E-state index is -0.628. The lowest BCUT2D eigenvalue weighted by atomic mass is 9.96. The lowest BCUT2D eigenvalue weighted by molar-refractivity contribution is 0.0989. The largest absolute Gasteiger partial charge is 0.364 e. The molecule has 0 unspecified atom stereocenters. The summed E-state index contributed by atoms with van der Waals surface area (Å²) in [6, 6.07) is 14.2. The number of primary amides is 1. The fourth-order valence-electron chi connectivity index (χ4n) is 3.01. The Hall–Kier alpha value is -2.59. The molecule has 2 N–H and O–H groups in total. The Morgan fingerprint density at radius 3 is 2.17 bits per heavy atom. The number of halogens is 1. The van der Waals surface area contributed by atoms with E-state index >= 15 is 0 Å². The molecule has 5 heteroatoms. The van der Waals surface area contributed by atoms with Gasteiger partial charge in [-0.3, -0.25) is 9.59 Å². The van der Waals surface area contributed by atoms with Crippen molar-refractivity contribution in [3.05, 3.63) is 69.6 Å². The van der Waals surface area contributed by atoms with Crippen LogP contribution in [-0.2, 0) is 0 Å². The van der Waals surface area contributed by atoms with E-state index in [4.69, 9.17) is 17.3 Å². The van der Waals surface area contributed by atoms with Gasteiger partial charge in [0, 0.05) is 22.0 Å². The molecule has 1 heterocycles. The molecule has 0 aliphatic carbocycles. The number of nitrogens with zero attached hydrogens (tertiary/aromatic N) is 1. The fraction of sp³-hybridized carbons (Fsp3) is 0.158. The molecule has 0 spiro atoms. The third-order valence-corrected chi connectivity index (χ3v) is 4.26. The number of rotatable bonds is 3. The van der Waals surface area contributed by atoms with Crippen molar-refractivity contribution >= 4 is 28.3 Å². The monoisotopic (exact) mass is 340 g/mol. The SMILES string of the molecule is CC(C)n1c(C(N)=O)c(-c2ccc(Cl)cc2)c2ccccc2c1=O. The van der Waals surface area contributed by atoms with Crippen LogP contribution in [0.5, 0.6) is 0 Å². The van der Waals surface area contributed by atoms with Crippen LogP contribution < -0.4 is 11.3 Å². The van der Waals surface area contributed by atoms with Gasteiger partial charge in [0.1, 0.15) is 5.69 Å². The van der Waals surface area contributed by atoms with E-state index in [9.17, 15) is 9.59 Å². The highest BCUT2D eigenvalue weighted by molar-refractivity contribution is 6.30. The molecule has 0 aliphatic rings. The van der Waals surface area contributed by atoms with Gasteiger partial charge in [-0.15, -0.1) is 0 Å². The van der Waals surface area contributed by atoms with E-state index in [-0.39, 0.29) is 17.3 Å². The highest BCUT2D eigenvalue weighted by atomic mass is 35.5. The maximum absolute atomic E-state index is 12.9. The van der Waals surface area contributed by atoms with Gasteiger partial charge < -0.3 is 10.3 Å². The van der Waals surface area contributed by atoms with Crippen LogP contribution in [0.1, 0.15) is 30.4 Å². The van der Waals surface area contributed by atoms with Crippen molar-refractivity contribution in [1.82, 2.24) is 4.57 Å². The van der Waals surface area contributed by atoms with Crippen molar-refractivity contribution < 1.29 is 4.79 Å². The molecule has 3 rings (SSSR count). The molecule has 24 heavy (non-hydrogen) atoms. The van der Waals surface area contributed by atoms with Crippen LogP contribution in [0.25, 0.3) is 21.9 Å². The van der Waals surface area contributed by atoms with Gasteiger partial charge in [0.05, 0.1) is 0 Å². The molecule has 0 bridgehead atoms. The minimum Gasteiger partial charge on any atom is -0.364 e. The summed E-state index contributed by atoms with van der Waals surface area (Å²) in [7, 11) is 0. The van der Waals surface area contributed by atoms with Crippen LogP contribution in [0.3, 0.4) is 0 Å². The van der Waals surface area contributed by atoms with E-state index < -0.39 is 5.91 Å². The molecule has 2 aromatic carbocycles. The number of hydrogen-bond acceptors (Lipinski definition) is 2. The first-order chi connectivity index (χ1) is 11.4. The Balaban J connectivity index is 2.56. The first-order valence-corrected chi connectivity index (χ1v) is 8.02. The van der Waals surface area contributed by atoms with E-state index in [1.165, 1.54) is 4.57 Å². The smallest absolute Gasteiger partial charge is 0.266 e. The molecule has 122 valence electrons. The number of carbonyl (C=O) groups excluding carboxylic acids is 1. The molecular weight excluding hydrogens is 324 g/mol. The van der Waals surface area contributed by atoms with Crippen LogP contribution in [-0.4, -0.2) is 10.5 Å². The predicted molar refractivity (Wildman–Crippen MR) is 97.6 cm³/mol. The first kappa shape index (κ1) is 16.3. The Kier molecular flexibility index (Phi) is 4.16. The van der Waals surface area contributed by atoms with Gasteiger partial charge in [-0.1, -0.05) is 41.9 Å². The molecule has 0 saturated carbocycles. The second-order valence-corrected chi connectivity index (χ2v) is 6.35. The van der Waals surface area contributed by atoms with Crippen LogP contribution in [0.2, 0.25) is 5.02 Å². The van der Waals surface area contributed by atoms with Crippen LogP contribution in [0.15, 0.2) is 53.3 Å². The van der Waals surface area contributed by atoms with Crippen LogP contribution in [0.4, 0.5) is 0 Å². The number of aromatic nitrogens is 1. The van der Waals surface area contributed by atoms with Gasteiger partial charge >= 0.3 is 0 Å². The van der Waals surface area contributed by atoms with Gasteiger partial charge in [0.2, 0.25) is 0 Å². The standard InChI is InChI=1S/C19H17ClN2O2/c1-11(2)22-17(18(21)23)16(12-7-9-13(20)10-8-12)14-5-3-4-6-15(14)19(22)24/h3-11H,1-2H3,(H2,21,23). The van der Waals surface area contributed by atoms with Gasteiger partial charge in [0.15, 0.2) is 0 Å². The molecule has 0 aliphatic heterocycles. The second kappa shape index (κ2) is 6.13.